The van der Waals surface area contributed by atoms with Crippen molar-refractivity contribution in [2.45, 2.75) is 52.5 Å². The van der Waals surface area contributed by atoms with Gasteiger partial charge in [0.25, 0.3) is 0 Å². The van der Waals surface area contributed by atoms with Crippen molar-refractivity contribution in [1.29, 1.82) is 0 Å². The van der Waals surface area contributed by atoms with Crippen molar-refractivity contribution in [3.05, 3.63) is 0 Å². The van der Waals surface area contributed by atoms with Crippen LogP contribution in [0.25, 0.3) is 0 Å². The van der Waals surface area contributed by atoms with Gasteiger partial charge in [-0.3, -0.25) is 4.79 Å². The van der Waals surface area contributed by atoms with Gasteiger partial charge in [-0.25, -0.2) is 0 Å². The van der Waals surface area contributed by atoms with Crippen molar-refractivity contribution in [2.75, 3.05) is 19.6 Å². The average molecular weight is 226 g/mol. The first kappa shape index (κ1) is 13.5. The lowest BCUT2D eigenvalue weighted by molar-refractivity contribution is -0.131. The zero-order valence-corrected chi connectivity index (χ0v) is 11.0. The Kier molecular flexibility index (Phi) is 5.81. The minimum Gasteiger partial charge on any atom is -0.341 e. The van der Waals surface area contributed by atoms with Crippen molar-refractivity contribution in [1.82, 2.24) is 10.2 Å². The van der Waals surface area contributed by atoms with E-state index < -0.39 is 0 Å². The number of nitrogens with zero attached hydrogens (tertiary/aromatic N) is 1. The highest BCUT2D eigenvalue weighted by molar-refractivity contribution is 5.76. The van der Waals surface area contributed by atoms with Crippen LogP contribution in [0.2, 0.25) is 0 Å². The molecule has 3 heteroatoms. The summed E-state index contributed by atoms with van der Waals surface area (Å²) < 4.78 is 0. The summed E-state index contributed by atoms with van der Waals surface area (Å²) in [6.45, 7) is 9.43. The van der Waals surface area contributed by atoms with Gasteiger partial charge >= 0.3 is 0 Å². The molecule has 0 spiro atoms. The molecule has 0 aliphatic carbocycles. The molecule has 2 atom stereocenters. The summed E-state index contributed by atoms with van der Waals surface area (Å²) in [6.07, 6.45) is 4.11. The Hall–Kier alpha value is -0.570. The summed E-state index contributed by atoms with van der Waals surface area (Å²) >= 11 is 0. The van der Waals surface area contributed by atoms with Gasteiger partial charge in [0.2, 0.25) is 5.91 Å². The molecule has 1 fully saturated rings. The number of carbonyl (C=O) groups excluding carboxylic acids is 1. The van der Waals surface area contributed by atoms with E-state index in [-0.39, 0.29) is 0 Å². The molecule has 0 radical (unpaired) electrons. The third-order valence-corrected chi connectivity index (χ3v) is 3.33. The quantitative estimate of drug-likeness (QED) is 0.778. The van der Waals surface area contributed by atoms with Crippen LogP contribution in [-0.4, -0.2) is 36.5 Å². The molecule has 1 N–H and O–H groups in total. The zero-order chi connectivity index (χ0) is 12.0. The maximum Gasteiger partial charge on any atom is 0.222 e. The topological polar surface area (TPSA) is 32.3 Å². The molecule has 0 bridgehead atoms. The molecule has 0 aromatic carbocycles. The molecule has 0 aromatic rings. The number of hydrogen-bond acceptors (Lipinski definition) is 2. The van der Waals surface area contributed by atoms with Gasteiger partial charge in [-0.05, 0) is 38.6 Å². The first-order valence-corrected chi connectivity index (χ1v) is 6.64. The van der Waals surface area contributed by atoms with Crippen molar-refractivity contribution in [2.24, 2.45) is 5.92 Å². The van der Waals surface area contributed by atoms with Crippen molar-refractivity contribution >= 4 is 5.91 Å². The Balaban J connectivity index is 2.36. The smallest absolute Gasteiger partial charge is 0.222 e. The molecular weight excluding hydrogens is 200 g/mol. The summed E-state index contributed by atoms with van der Waals surface area (Å²) in [6, 6.07) is 0.414. The average Bonchev–Trinajstić information content (AvgIpc) is 2.41. The van der Waals surface area contributed by atoms with E-state index in [0.29, 0.717) is 17.9 Å². The second-order valence-corrected chi connectivity index (χ2v) is 5.13. The van der Waals surface area contributed by atoms with Crippen LogP contribution in [0, 0.1) is 5.92 Å². The molecule has 0 aromatic heterocycles. The lowest BCUT2D eigenvalue weighted by atomic mass is 10.0. The molecule has 1 saturated heterocycles. The van der Waals surface area contributed by atoms with Crippen LogP contribution in [0.5, 0.6) is 0 Å². The number of likely N-dealkylation sites (tertiary alicyclic amines) is 1. The standard InChI is InChI=1S/C13H26N2O/c1-4-8-14-12(3)10-15-9-7-11(2)5-6-13(15)16/h11-12,14H,4-10H2,1-3H3. The lowest BCUT2D eigenvalue weighted by Crippen LogP contribution is -2.42. The van der Waals surface area contributed by atoms with Crippen LogP contribution in [-0.2, 0) is 4.79 Å². The Morgan fingerprint density at radius 2 is 2.25 bits per heavy atom. The van der Waals surface area contributed by atoms with Gasteiger partial charge in [-0.15, -0.1) is 0 Å². The predicted molar refractivity (Wildman–Crippen MR) is 67.4 cm³/mol. The third kappa shape index (κ3) is 4.52. The largest absolute Gasteiger partial charge is 0.341 e. The first-order chi connectivity index (χ1) is 7.63. The second kappa shape index (κ2) is 6.89. The van der Waals surface area contributed by atoms with Gasteiger partial charge in [-0.2, -0.15) is 0 Å². The van der Waals surface area contributed by atoms with Crippen LogP contribution >= 0.6 is 0 Å². The summed E-state index contributed by atoms with van der Waals surface area (Å²) in [4.78, 5) is 13.9. The molecule has 1 rings (SSSR count). The minimum atomic E-state index is 0.342. The highest BCUT2D eigenvalue weighted by Crippen LogP contribution is 2.17. The lowest BCUT2D eigenvalue weighted by Gasteiger charge is -2.25. The van der Waals surface area contributed by atoms with Gasteiger partial charge in [-0.1, -0.05) is 13.8 Å². The van der Waals surface area contributed by atoms with Crippen molar-refractivity contribution < 1.29 is 4.79 Å². The zero-order valence-electron chi connectivity index (χ0n) is 11.0. The fraction of sp³-hybridized carbons (Fsp3) is 0.923. The number of hydrogen-bond donors (Lipinski definition) is 1. The Morgan fingerprint density at radius 1 is 1.50 bits per heavy atom. The van der Waals surface area contributed by atoms with E-state index in [9.17, 15) is 4.79 Å². The van der Waals surface area contributed by atoms with Gasteiger partial charge in [0.15, 0.2) is 0 Å². The van der Waals surface area contributed by atoms with Crippen molar-refractivity contribution in [3.63, 3.8) is 0 Å². The van der Waals surface area contributed by atoms with Crippen LogP contribution in [0.1, 0.15) is 46.5 Å². The highest BCUT2D eigenvalue weighted by Gasteiger charge is 2.21. The van der Waals surface area contributed by atoms with E-state index in [1.54, 1.807) is 0 Å². The van der Waals surface area contributed by atoms with E-state index in [0.717, 1.165) is 45.3 Å². The van der Waals surface area contributed by atoms with E-state index in [4.69, 9.17) is 0 Å². The van der Waals surface area contributed by atoms with E-state index in [1.165, 1.54) is 0 Å². The van der Waals surface area contributed by atoms with Crippen LogP contribution in [0.4, 0.5) is 0 Å². The summed E-state index contributed by atoms with van der Waals surface area (Å²) in [5, 5.41) is 3.44. The monoisotopic (exact) mass is 226 g/mol. The summed E-state index contributed by atoms with van der Waals surface area (Å²) in [7, 11) is 0. The van der Waals surface area contributed by atoms with Gasteiger partial charge in [0.1, 0.15) is 0 Å². The number of amides is 1. The molecule has 1 aliphatic heterocycles. The SMILES string of the molecule is CCCNC(C)CN1CCC(C)CCC1=O. The van der Waals surface area contributed by atoms with E-state index in [1.807, 2.05) is 4.90 Å². The minimum absolute atomic E-state index is 0.342. The highest BCUT2D eigenvalue weighted by atomic mass is 16.2. The number of rotatable bonds is 5. The third-order valence-electron chi connectivity index (χ3n) is 3.33. The molecular formula is C13H26N2O. The molecule has 1 aliphatic rings. The molecule has 16 heavy (non-hydrogen) atoms. The molecule has 3 nitrogen and oxygen atoms in total. The fourth-order valence-electron chi connectivity index (χ4n) is 2.15. The van der Waals surface area contributed by atoms with Crippen LogP contribution in [0.15, 0.2) is 0 Å². The summed E-state index contributed by atoms with van der Waals surface area (Å²) in [5.41, 5.74) is 0. The molecule has 94 valence electrons. The van der Waals surface area contributed by atoms with Crippen molar-refractivity contribution in [3.8, 4) is 0 Å². The molecule has 0 saturated carbocycles. The van der Waals surface area contributed by atoms with Gasteiger partial charge in [0.05, 0.1) is 0 Å². The maximum atomic E-state index is 11.9. The number of nitrogens with one attached hydrogen (secondary N) is 1. The Labute approximate surface area is 99.6 Å². The molecule has 1 amide bonds. The predicted octanol–water partition coefficient (Wildman–Crippen LogP) is 2.02. The van der Waals surface area contributed by atoms with Gasteiger partial charge in [0, 0.05) is 25.6 Å². The van der Waals surface area contributed by atoms with E-state index >= 15 is 0 Å². The van der Waals surface area contributed by atoms with Crippen LogP contribution in [0.3, 0.4) is 0 Å². The Bertz CT molecular complexity index is 218. The maximum absolute atomic E-state index is 11.9. The van der Waals surface area contributed by atoms with Crippen LogP contribution < -0.4 is 5.32 Å². The molecule has 1 heterocycles. The first-order valence-electron chi connectivity index (χ1n) is 6.64. The molecule has 2 unspecified atom stereocenters. The number of carbonyl (C=O) groups is 1. The van der Waals surface area contributed by atoms with Gasteiger partial charge < -0.3 is 10.2 Å². The summed E-state index contributed by atoms with van der Waals surface area (Å²) in [5.74, 6) is 1.04. The fourth-order valence-corrected chi connectivity index (χ4v) is 2.15. The van der Waals surface area contributed by atoms with E-state index in [2.05, 4.69) is 26.1 Å². The Morgan fingerprint density at radius 3 is 2.94 bits per heavy atom. The normalized spacial score (nSPS) is 24.3. The second-order valence-electron chi connectivity index (χ2n) is 5.13.